The number of carbonyl (C=O) groups is 1. The topological polar surface area (TPSA) is 104 Å². The summed E-state index contributed by atoms with van der Waals surface area (Å²) in [5.41, 5.74) is 9.44. The van der Waals surface area contributed by atoms with E-state index in [1.807, 2.05) is 12.1 Å². The number of amides is 1. The van der Waals surface area contributed by atoms with Crippen molar-refractivity contribution in [2.24, 2.45) is 5.92 Å². The number of aromatic nitrogens is 3. The number of nitrogens with one attached hydrogen (secondary N) is 3. The number of anilines is 1. The van der Waals surface area contributed by atoms with Crippen LogP contribution in [0.3, 0.4) is 0 Å². The fourth-order valence-electron chi connectivity index (χ4n) is 5.28. The zero-order valence-corrected chi connectivity index (χ0v) is 22.0. The van der Waals surface area contributed by atoms with E-state index in [0.29, 0.717) is 28.0 Å². The number of rotatable bonds is 3. The van der Waals surface area contributed by atoms with E-state index >= 15 is 0 Å². The van der Waals surface area contributed by atoms with Crippen LogP contribution in [-0.2, 0) is 4.79 Å². The first kappa shape index (κ1) is 24.9. The number of hydrogen-bond acceptors (Lipinski definition) is 7. The molecule has 3 aromatic rings. The Morgan fingerprint density at radius 1 is 0.974 bits per heavy atom. The Morgan fingerprint density at radius 2 is 1.87 bits per heavy atom. The van der Waals surface area contributed by atoms with Crippen molar-refractivity contribution in [2.75, 3.05) is 11.6 Å². The van der Waals surface area contributed by atoms with Gasteiger partial charge in [0, 0.05) is 35.3 Å². The third-order valence-corrected chi connectivity index (χ3v) is 7.79. The van der Waals surface area contributed by atoms with E-state index in [1.165, 1.54) is 6.07 Å². The number of pyridine rings is 1. The van der Waals surface area contributed by atoms with Crippen molar-refractivity contribution >= 4 is 34.8 Å². The Hall–Kier alpha value is -3.40. The quantitative estimate of drug-likeness (QED) is 0.419. The van der Waals surface area contributed by atoms with E-state index in [4.69, 9.17) is 23.2 Å². The minimum absolute atomic E-state index is 0.0186. The van der Waals surface area contributed by atoms with Crippen LogP contribution < -0.4 is 26.8 Å². The fourth-order valence-corrected chi connectivity index (χ4v) is 5.59. The van der Waals surface area contributed by atoms with Crippen LogP contribution in [-0.4, -0.2) is 27.0 Å². The summed E-state index contributed by atoms with van der Waals surface area (Å²) in [7, 11) is 0. The van der Waals surface area contributed by atoms with Gasteiger partial charge in [0.2, 0.25) is 5.91 Å². The third kappa shape index (κ3) is 5.01. The average Bonchev–Trinajstić information content (AvgIpc) is 3.61. The number of halogens is 2. The zero-order valence-electron chi connectivity index (χ0n) is 20.5. The zero-order chi connectivity index (χ0) is 26.2. The molecule has 0 radical (unpaired) electrons. The van der Waals surface area contributed by atoms with Gasteiger partial charge < -0.3 is 5.32 Å². The van der Waals surface area contributed by atoms with Crippen molar-refractivity contribution in [2.45, 2.75) is 44.1 Å². The molecule has 38 heavy (non-hydrogen) atoms. The highest BCUT2D eigenvalue weighted by molar-refractivity contribution is 6.31. The maximum atomic E-state index is 13.6. The minimum Gasteiger partial charge on any atom is -0.356 e. The van der Waals surface area contributed by atoms with Gasteiger partial charge in [-0.3, -0.25) is 29.6 Å². The second kappa shape index (κ2) is 10.4. The van der Waals surface area contributed by atoms with Gasteiger partial charge in [0.05, 0.1) is 35.6 Å². The summed E-state index contributed by atoms with van der Waals surface area (Å²) in [6.45, 7) is 0.683. The van der Waals surface area contributed by atoms with Crippen LogP contribution in [0, 0.1) is 5.92 Å². The lowest BCUT2D eigenvalue weighted by Gasteiger charge is -2.21. The van der Waals surface area contributed by atoms with Gasteiger partial charge in [-0.1, -0.05) is 36.0 Å². The summed E-state index contributed by atoms with van der Waals surface area (Å²) in [5, 5.41) is 5.74. The number of hydrogen-bond donors (Lipinski definition) is 3. The molecule has 1 aliphatic carbocycles. The predicted octanol–water partition coefficient (Wildman–Crippen LogP) is 4.21. The SMILES string of the molecule is O=C1NCCCCC[C@H](n2cnc(-c3cc(Cl)ccc3N3C=C(Cl)NN3)cc2=O)c2cc(ccn2)[C@@H]2C[C@H]12. The van der Waals surface area contributed by atoms with Crippen molar-refractivity contribution in [3.8, 4) is 11.3 Å². The molecule has 2 aliphatic heterocycles. The molecule has 0 unspecified atom stereocenters. The highest BCUT2D eigenvalue weighted by atomic mass is 35.5. The molecule has 3 atom stereocenters. The first-order chi connectivity index (χ1) is 18.5. The number of fused-ring (bicyclic) bond motifs is 4. The van der Waals surface area contributed by atoms with Crippen molar-refractivity contribution in [1.82, 2.24) is 30.8 Å². The standard InChI is InChI=1S/C27H27Cl2N7O2/c28-17-5-6-23(36-14-25(29)33-34-36)20(11-17)21-13-26(37)35(15-32-21)24-4-2-1-3-8-31-27(38)19-12-18(19)16-7-9-30-22(24)10-16/h5-7,9-11,13-15,18-19,24,33-34H,1-4,8,12H2,(H,31,38)/t18-,19-,24-/m0/s1. The average molecular weight is 552 g/mol. The summed E-state index contributed by atoms with van der Waals surface area (Å²) in [5.74, 6) is 0.358. The molecule has 11 heteroatoms. The van der Waals surface area contributed by atoms with Crippen LogP contribution in [0.5, 0.6) is 0 Å². The molecule has 9 nitrogen and oxygen atoms in total. The Morgan fingerprint density at radius 3 is 2.68 bits per heavy atom. The van der Waals surface area contributed by atoms with Crippen LogP contribution >= 0.6 is 23.2 Å². The van der Waals surface area contributed by atoms with Gasteiger partial charge in [-0.05, 0) is 61.1 Å². The molecule has 6 rings (SSSR count). The highest BCUT2D eigenvalue weighted by Gasteiger charge is 2.44. The third-order valence-electron chi connectivity index (χ3n) is 7.36. The largest absolute Gasteiger partial charge is 0.356 e. The lowest BCUT2D eigenvalue weighted by Crippen LogP contribution is -2.36. The predicted molar refractivity (Wildman–Crippen MR) is 146 cm³/mol. The van der Waals surface area contributed by atoms with Gasteiger partial charge in [0.15, 0.2) is 0 Å². The van der Waals surface area contributed by atoms with Crippen LogP contribution in [0.4, 0.5) is 5.69 Å². The maximum Gasteiger partial charge on any atom is 0.254 e. The number of hydrazine groups is 2. The molecule has 1 aromatic carbocycles. The van der Waals surface area contributed by atoms with Crippen molar-refractivity contribution in [3.63, 3.8) is 0 Å². The molecule has 1 amide bonds. The molecule has 3 aliphatic rings. The number of benzene rings is 1. The summed E-state index contributed by atoms with van der Waals surface area (Å²) >= 11 is 12.4. The van der Waals surface area contributed by atoms with Gasteiger partial charge in [0.1, 0.15) is 5.16 Å². The van der Waals surface area contributed by atoms with E-state index in [1.54, 1.807) is 40.4 Å². The lowest BCUT2D eigenvalue weighted by atomic mass is 10.0. The van der Waals surface area contributed by atoms with E-state index in [9.17, 15) is 9.59 Å². The fraction of sp³-hybridized carbons (Fsp3) is 0.333. The van der Waals surface area contributed by atoms with Crippen LogP contribution in [0.25, 0.3) is 11.3 Å². The Balaban J connectivity index is 1.36. The monoisotopic (exact) mass is 551 g/mol. The van der Waals surface area contributed by atoms with E-state index in [2.05, 4.69) is 32.3 Å². The van der Waals surface area contributed by atoms with E-state index in [-0.39, 0.29) is 29.3 Å². The van der Waals surface area contributed by atoms with Crippen LogP contribution in [0.2, 0.25) is 5.02 Å². The Kier molecular flexibility index (Phi) is 6.82. The number of carbonyl (C=O) groups excluding carboxylic acids is 1. The van der Waals surface area contributed by atoms with Gasteiger partial charge in [-0.15, -0.1) is 5.53 Å². The molecule has 1 saturated carbocycles. The van der Waals surface area contributed by atoms with Crippen LogP contribution in [0.1, 0.15) is 55.3 Å². The minimum atomic E-state index is -0.254. The second-order valence-corrected chi connectivity index (χ2v) is 10.7. The van der Waals surface area contributed by atoms with Crippen molar-refractivity contribution in [3.05, 3.63) is 86.9 Å². The summed E-state index contributed by atoms with van der Waals surface area (Å²) in [4.78, 5) is 35.4. The summed E-state index contributed by atoms with van der Waals surface area (Å²) < 4.78 is 1.67. The Labute approximate surface area is 229 Å². The highest BCUT2D eigenvalue weighted by Crippen LogP contribution is 2.48. The molecule has 4 heterocycles. The molecular weight excluding hydrogens is 525 g/mol. The smallest absolute Gasteiger partial charge is 0.254 e. The Bertz CT molecular complexity index is 1470. The molecule has 3 N–H and O–H groups in total. The molecule has 2 aromatic heterocycles. The summed E-state index contributed by atoms with van der Waals surface area (Å²) in [6, 6.07) is 10.7. The van der Waals surface area contributed by atoms with Crippen molar-refractivity contribution in [1.29, 1.82) is 0 Å². The molecular formula is C27H27Cl2N7O2. The first-order valence-electron chi connectivity index (χ1n) is 12.8. The van der Waals surface area contributed by atoms with Crippen molar-refractivity contribution < 1.29 is 4.79 Å². The second-order valence-electron chi connectivity index (χ2n) is 9.88. The van der Waals surface area contributed by atoms with Gasteiger partial charge >= 0.3 is 0 Å². The molecule has 0 spiro atoms. The van der Waals surface area contributed by atoms with Gasteiger partial charge in [-0.25, -0.2) is 4.98 Å². The van der Waals surface area contributed by atoms with Gasteiger partial charge in [0.25, 0.3) is 5.56 Å². The van der Waals surface area contributed by atoms with E-state index in [0.717, 1.165) is 49.0 Å². The first-order valence-corrected chi connectivity index (χ1v) is 13.5. The van der Waals surface area contributed by atoms with Gasteiger partial charge in [-0.2, -0.15) is 0 Å². The maximum absolute atomic E-state index is 13.6. The molecule has 2 bridgehead atoms. The van der Waals surface area contributed by atoms with Crippen LogP contribution in [0.15, 0.2) is 65.1 Å². The van der Waals surface area contributed by atoms with E-state index < -0.39 is 0 Å². The molecule has 0 saturated heterocycles. The molecule has 196 valence electrons. The molecule has 1 fully saturated rings. The number of nitrogens with zero attached hydrogens (tertiary/aromatic N) is 4. The lowest BCUT2D eigenvalue weighted by molar-refractivity contribution is -0.122. The summed E-state index contributed by atoms with van der Waals surface area (Å²) in [6.07, 6.45) is 9.41. The normalized spacial score (nSPS) is 23.2.